The maximum atomic E-state index is 11.5. The molecular formula is C13H24N2O3. The van der Waals surface area contributed by atoms with Gasteiger partial charge in [0.05, 0.1) is 7.11 Å². The van der Waals surface area contributed by atoms with E-state index in [0.717, 1.165) is 13.1 Å². The summed E-state index contributed by atoms with van der Waals surface area (Å²) in [6.07, 6.45) is 4.74. The average Bonchev–Trinajstić information content (AvgIpc) is 3.06. The Balaban J connectivity index is 1.91. The van der Waals surface area contributed by atoms with Gasteiger partial charge in [0.25, 0.3) is 0 Å². The van der Waals surface area contributed by atoms with Crippen LogP contribution in [0, 0.1) is 0 Å². The molecule has 2 fully saturated rings. The molecule has 0 amide bonds. The summed E-state index contributed by atoms with van der Waals surface area (Å²) in [5.41, 5.74) is -1.41. The maximum Gasteiger partial charge on any atom is 0.338 e. The molecule has 0 radical (unpaired) electrons. The lowest BCUT2D eigenvalue weighted by Gasteiger charge is -2.31. The monoisotopic (exact) mass is 256 g/mol. The zero-order chi connectivity index (χ0) is 13.2. The van der Waals surface area contributed by atoms with Gasteiger partial charge in [-0.15, -0.1) is 0 Å². The fraction of sp³-hybridized carbons (Fsp3) is 0.923. The van der Waals surface area contributed by atoms with Crippen molar-refractivity contribution in [1.29, 1.82) is 0 Å². The standard InChI is InChI=1S/C13H24N2O3/c1-13(17,12(16)18-2)9-15(11-5-6-11)8-10-4-3-7-14-10/h10-11,14,17H,3-9H2,1-2H3. The normalized spacial score (nSPS) is 27.2. The second-order valence-electron chi connectivity index (χ2n) is 5.72. The minimum atomic E-state index is -1.41. The minimum absolute atomic E-state index is 0.364. The molecule has 1 saturated heterocycles. The van der Waals surface area contributed by atoms with Gasteiger partial charge in [-0.3, -0.25) is 4.90 Å². The SMILES string of the molecule is COC(=O)C(C)(O)CN(CC1CCCN1)C1CC1. The van der Waals surface area contributed by atoms with Crippen molar-refractivity contribution >= 4 is 5.97 Å². The Hall–Kier alpha value is -0.650. The van der Waals surface area contributed by atoms with Crippen LogP contribution in [-0.2, 0) is 9.53 Å². The quantitative estimate of drug-likeness (QED) is 0.661. The maximum absolute atomic E-state index is 11.5. The Morgan fingerprint density at radius 2 is 2.22 bits per heavy atom. The van der Waals surface area contributed by atoms with Crippen LogP contribution in [0.5, 0.6) is 0 Å². The highest BCUT2D eigenvalue weighted by atomic mass is 16.5. The Morgan fingerprint density at radius 1 is 1.50 bits per heavy atom. The molecule has 0 spiro atoms. The lowest BCUT2D eigenvalue weighted by Crippen LogP contribution is -2.50. The first kappa shape index (κ1) is 13.8. The predicted octanol–water partition coefficient (Wildman–Crippen LogP) is 0.127. The third kappa shape index (κ3) is 3.43. The molecule has 1 aliphatic heterocycles. The van der Waals surface area contributed by atoms with Crippen LogP contribution in [-0.4, -0.2) is 60.4 Å². The Kier molecular flexibility index (Phi) is 4.25. The molecule has 2 atom stereocenters. The summed E-state index contributed by atoms with van der Waals surface area (Å²) in [6, 6.07) is 1.03. The third-order valence-electron chi connectivity index (χ3n) is 3.82. The van der Waals surface area contributed by atoms with Gasteiger partial charge in [0, 0.05) is 25.2 Å². The van der Waals surface area contributed by atoms with Crippen molar-refractivity contribution < 1.29 is 14.6 Å². The average molecular weight is 256 g/mol. The first-order valence-corrected chi connectivity index (χ1v) is 6.81. The second-order valence-corrected chi connectivity index (χ2v) is 5.72. The first-order chi connectivity index (χ1) is 8.53. The van der Waals surface area contributed by atoms with E-state index in [2.05, 4.69) is 15.0 Å². The van der Waals surface area contributed by atoms with Crippen LogP contribution < -0.4 is 5.32 Å². The highest BCUT2D eigenvalue weighted by Crippen LogP contribution is 2.29. The summed E-state index contributed by atoms with van der Waals surface area (Å²) in [5.74, 6) is -0.549. The fourth-order valence-electron chi connectivity index (χ4n) is 2.66. The van der Waals surface area contributed by atoms with Gasteiger partial charge in [-0.1, -0.05) is 0 Å². The number of carbonyl (C=O) groups is 1. The summed E-state index contributed by atoms with van der Waals surface area (Å²) in [6.45, 7) is 3.90. The van der Waals surface area contributed by atoms with Gasteiger partial charge in [0.15, 0.2) is 5.60 Å². The molecule has 1 heterocycles. The smallest absolute Gasteiger partial charge is 0.338 e. The van der Waals surface area contributed by atoms with E-state index in [0.29, 0.717) is 18.6 Å². The van der Waals surface area contributed by atoms with E-state index in [-0.39, 0.29) is 0 Å². The van der Waals surface area contributed by atoms with Crippen molar-refractivity contribution in [3.05, 3.63) is 0 Å². The van der Waals surface area contributed by atoms with Crippen molar-refractivity contribution in [2.75, 3.05) is 26.7 Å². The topological polar surface area (TPSA) is 61.8 Å². The van der Waals surface area contributed by atoms with Gasteiger partial charge in [0.1, 0.15) is 0 Å². The molecule has 5 heteroatoms. The lowest BCUT2D eigenvalue weighted by molar-refractivity contribution is -0.162. The highest BCUT2D eigenvalue weighted by Gasteiger charge is 2.39. The van der Waals surface area contributed by atoms with E-state index in [1.807, 2.05) is 0 Å². The molecule has 0 aromatic heterocycles. The van der Waals surface area contributed by atoms with Gasteiger partial charge in [-0.05, 0) is 39.2 Å². The zero-order valence-corrected chi connectivity index (χ0v) is 11.3. The van der Waals surface area contributed by atoms with E-state index in [1.165, 1.54) is 39.7 Å². The van der Waals surface area contributed by atoms with Crippen LogP contribution in [0.4, 0.5) is 0 Å². The lowest BCUT2D eigenvalue weighted by atomic mass is 10.1. The third-order valence-corrected chi connectivity index (χ3v) is 3.82. The fourth-order valence-corrected chi connectivity index (χ4v) is 2.66. The first-order valence-electron chi connectivity index (χ1n) is 6.81. The minimum Gasteiger partial charge on any atom is -0.467 e. The number of ether oxygens (including phenoxy) is 1. The number of carbonyl (C=O) groups excluding carboxylic acids is 1. The van der Waals surface area contributed by atoms with Gasteiger partial charge >= 0.3 is 5.97 Å². The van der Waals surface area contributed by atoms with Gasteiger partial charge in [-0.2, -0.15) is 0 Å². The summed E-state index contributed by atoms with van der Waals surface area (Å²) < 4.78 is 4.65. The molecule has 0 aromatic carbocycles. The molecule has 2 unspecified atom stereocenters. The van der Waals surface area contributed by atoms with E-state index >= 15 is 0 Å². The number of nitrogens with zero attached hydrogens (tertiary/aromatic N) is 1. The molecule has 1 saturated carbocycles. The van der Waals surface area contributed by atoms with Gasteiger partial charge in [0.2, 0.25) is 0 Å². The van der Waals surface area contributed by atoms with Crippen molar-refractivity contribution in [1.82, 2.24) is 10.2 Å². The second kappa shape index (κ2) is 5.55. The summed E-state index contributed by atoms with van der Waals surface area (Å²) in [7, 11) is 1.32. The summed E-state index contributed by atoms with van der Waals surface area (Å²) in [5, 5.41) is 13.6. The number of rotatable bonds is 6. The van der Waals surface area contributed by atoms with Crippen LogP contribution >= 0.6 is 0 Å². The Labute approximate surface area is 108 Å². The molecular weight excluding hydrogens is 232 g/mol. The highest BCUT2D eigenvalue weighted by molar-refractivity contribution is 5.78. The molecule has 5 nitrogen and oxygen atoms in total. The van der Waals surface area contributed by atoms with E-state index in [4.69, 9.17) is 0 Å². The van der Waals surface area contributed by atoms with Crippen molar-refractivity contribution in [2.24, 2.45) is 0 Å². The molecule has 1 aliphatic carbocycles. The predicted molar refractivity (Wildman–Crippen MR) is 68.3 cm³/mol. The van der Waals surface area contributed by atoms with Crippen LogP contribution in [0.3, 0.4) is 0 Å². The molecule has 2 aliphatic rings. The molecule has 2 N–H and O–H groups in total. The van der Waals surface area contributed by atoms with E-state index in [9.17, 15) is 9.90 Å². The molecule has 2 rings (SSSR count). The molecule has 0 aromatic rings. The van der Waals surface area contributed by atoms with Crippen molar-refractivity contribution in [3.8, 4) is 0 Å². The van der Waals surface area contributed by atoms with Gasteiger partial charge < -0.3 is 15.2 Å². The number of methoxy groups -OCH3 is 1. The summed E-state index contributed by atoms with van der Waals surface area (Å²) >= 11 is 0. The summed E-state index contributed by atoms with van der Waals surface area (Å²) in [4.78, 5) is 13.8. The van der Waals surface area contributed by atoms with E-state index in [1.54, 1.807) is 0 Å². The number of hydrogen-bond donors (Lipinski definition) is 2. The molecule has 104 valence electrons. The van der Waals surface area contributed by atoms with Crippen LogP contribution in [0.1, 0.15) is 32.6 Å². The van der Waals surface area contributed by atoms with Crippen LogP contribution in [0.2, 0.25) is 0 Å². The Bertz CT molecular complexity index is 297. The number of nitrogens with one attached hydrogen (secondary N) is 1. The molecule has 0 bridgehead atoms. The van der Waals surface area contributed by atoms with Crippen LogP contribution in [0.15, 0.2) is 0 Å². The van der Waals surface area contributed by atoms with Crippen molar-refractivity contribution in [2.45, 2.75) is 50.3 Å². The number of hydrogen-bond acceptors (Lipinski definition) is 5. The van der Waals surface area contributed by atoms with Gasteiger partial charge in [-0.25, -0.2) is 4.79 Å². The van der Waals surface area contributed by atoms with Crippen LogP contribution in [0.25, 0.3) is 0 Å². The van der Waals surface area contributed by atoms with E-state index < -0.39 is 11.6 Å². The molecule has 18 heavy (non-hydrogen) atoms. The largest absolute Gasteiger partial charge is 0.467 e. The Morgan fingerprint density at radius 3 is 2.72 bits per heavy atom. The number of aliphatic hydroxyl groups is 1. The zero-order valence-electron chi connectivity index (χ0n) is 11.3. The number of esters is 1. The van der Waals surface area contributed by atoms with Crippen molar-refractivity contribution in [3.63, 3.8) is 0 Å².